The van der Waals surface area contributed by atoms with Crippen LogP contribution in [0.5, 0.6) is 0 Å². The van der Waals surface area contributed by atoms with E-state index in [1.807, 2.05) is 17.5 Å². The molecular formula is C16H21N3O4S. The van der Waals surface area contributed by atoms with E-state index in [0.717, 1.165) is 4.88 Å². The second-order valence-corrected chi connectivity index (χ2v) is 7.04. The Labute approximate surface area is 144 Å². The van der Waals surface area contributed by atoms with Crippen molar-refractivity contribution in [3.8, 4) is 10.6 Å². The van der Waals surface area contributed by atoms with E-state index in [-0.39, 0.29) is 11.6 Å². The van der Waals surface area contributed by atoms with Crippen molar-refractivity contribution in [1.82, 2.24) is 15.8 Å². The van der Waals surface area contributed by atoms with Crippen LogP contribution in [0.25, 0.3) is 10.6 Å². The molecule has 2 aromatic heterocycles. The normalized spacial score (nSPS) is 11.1. The van der Waals surface area contributed by atoms with Crippen molar-refractivity contribution in [1.29, 1.82) is 0 Å². The number of thiophene rings is 1. The van der Waals surface area contributed by atoms with Crippen LogP contribution in [0.2, 0.25) is 0 Å². The Balaban J connectivity index is 1.68. The van der Waals surface area contributed by atoms with E-state index in [9.17, 15) is 9.59 Å². The molecule has 0 aliphatic carbocycles. The molecule has 130 valence electrons. The van der Waals surface area contributed by atoms with Crippen LogP contribution in [0.3, 0.4) is 0 Å². The third kappa shape index (κ3) is 5.69. The molecule has 0 saturated carbocycles. The molecule has 2 rings (SSSR count). The molecule has 24 heavy (non-hydrogen) atoms. The number of carbonyl (C=O) groups is 2. The summed E-state index contributed by atoms with van der Waals surface area (Å²) < 4.78 is 10.3. The van der Waals surface area contributed by atoms with Gasteiger partial charge in [0.2, 0.25) is 0 Å². The summed E-state index contributed by atoms with van der Waals surface area (Å²) in [6.45, 7) is 6.23. The first kappa shape index (κ1) is 18.0. The Morgan fingerprint density at radius 1 is 1.29 bits per heavy atom. The van der Waals surface area contributed by atoms with Crippen molar-refractivity contribution >= 4 is 23.3 Å². The van der Waals surface area contributed by atoms with Gasteiger partial charge in [-0.1, -0.05) is 11.2 Å². The molecule has 0 aromatic carbocycles. The van der Waals surface area contributed by atoms with Gasteiger partial charge >= 0.3 is 6.09 Å². The highest BCUT2D eigenvalue weighted by atomic mass is 32.1. The molecule has 8 heteroatoms. The smallest absolute Gasteiger partial charge is 0.407 e. The monoisotopic (exact) mass is 351 g/mol. The van der Waals surface area contributed by atoms with E-state index >= 15 is 0 Å². The molecule has 0 bridgehead atoms. The van der Waals surface area contributed by atoms with E-state index in [2.05, 4.69) is 15.8 Å². The van der Waals surface area contributed by atoms with Gasteiger partial charge in [-0.3, -0.25) is 4.79 Å². The van der Waals surface area contributed by atoms with Crippen LogP contribution in [-0.4, -0.2) is 35.8 Å². The summed E-state index contributed by atoms with van der Waals surface area (Å²) in [5.41, 5.74) is -0.288. The highest BCUT2D eigenvalue weighted by Gasteiger charge is 2.16. The molecule has 0 radical (unpaired) electrons. The van der Waals surface area contributed by atoms with Gasteiger partial charge in [0.15, 0.2) is 11.5 Å². The van der Waals surface area contributed by atoms with Crippen LogP contribution in [-0.2, 0) is 4.74 Å². The summed E-state index contributed by atoms with van der Waals surface area (Å²) in [4.78, 5) is 24.3. The second-order valence-electron chi connectivity index (χ2n) is 6.09. The number of carbonyl (C=O) groups excluding carboxylic acids is 2. The van der Waals surface area contributed by atoms with Crippen molar-refractivity contribution in [2.45, 2.75) is 32.8 Å². The van der Waals surface area contributed by atoms with Crippen molar-refractivity contribution in [3.63, 3.8) is 0 Å². The second kappa shape index (κ2) is 7.96. The number of amides is 2. The Morgan fingerprint density at radius 3 is 2.71 bits per heavy atom. The zero-order chi connectivity index (χ0) is 17.6. The SMILES string of the molecule is CC(C)(C)OC(=O)NCCCNC(=O)c1cc(-c2cccs2)on1. The lowest BCUT2D eigenvalue weighted by Gasteiger charge is -2.19. The van der Waals surface area contributed by atoms with Crippen LogP contribution in [0.1, 0.15) is 37.7 Å². The predicted octanol–water partition coefficient (Wildman–Crippen LogP) is 3.05. The Hall–Kier alpha value is -2.35. The van der Waals surface area contributed by atoms with Crippen LogP contribution in [0, 0.1) is 0 Å². The van der Waals surface area contributed by atoms with Gasteiger partial charge in [-0.05, 0) is 38.6 Å². The molecule has 0 fully saturated rings. The lowest BCUT2D eigenvalue weighted by Crippen LogP contribution is -2.34. The van der Waals surface area contributed by atoms with Gasteiger partial charge in [0, 0.05) is 19.2 Å². The van der Waals surface area contributed by atoms with E-state index < -0.39 is 11.7 Å². The molecule has 0 spiro atoms. The summed E-state index contributed by atoms with van der Waals surface area (Å²) >= 11 is 1.51. The Morgan fingerprint density at radius 2 is 2.04 bits per heavy atom. The predicted molar refractivity (Wildman–Crippen MR) is 91.0 cm³/mol. The molecule has 2 aromatic rings. The van der Waals surface area contributed by atoms with Gasteiger partial charge in [-0.25, -0.2) is 4.79 Å². The summed E-state index contributed by atoms with van der Waals surface area (Å²) in [5, 5.41) is 11.1. The standard InChI is InChI=1S/C16H21N3O4S/c1-16(2,3)22-15(21)18-8-5-7-17-14(20)11-10-12(23-19-11)13-6-4-9-24-13/h4,6,9-10H,5,7-8H2,1-3H3,(H,17,20)(H,18,21). The number of nitrogens with zero attached hydrogens (tertiary/aromatic N) is 1. The Bertz CT molecular complexity index is 674. The highest BCUT2D eigenvalue weighted by Crippen LogP contribution is 2.24. The number of ether oxygens (including phenoxy) is 1. The quantitative estimate of drug-likeness (QED) is 0.780. The van der Waals surface area contributed by atoms with Gasteiger partial charge in [0.1, 0.15) is 5.60 Å². The lowest BCUT2D eigenvalue weighted by atomic mass is 10.2. The molecule has 2 N–H and O–H groups in total. The molecule has 0 saturated heterocycles. The maximum atomic E-state index is 12.0. The van der Waals surface area contributed by atoms with E-state index in [1.165, 1.54) is 11.3 Å². The molecule has 0 unspecified atom stereocenters. The summed E-state index contributed by atoms with van der Waals surface area (Å²) in [6.07, 6.45) is 0.117. The van der Waals surface area contributed by atoms with Gasteiger partial charge < -0.3 is 19.9 Å². The van der Waals surface area contributed by atoms with Crippen molar-refractivity contribution in [2.75, 3.05) is 13.1 Å². The van der Waals surface area contributed by atoms with E-state index in [0.29, 0.717) is 25.3 Å². The van der Waals surface area contributed by atoms with Crippen LogP contribution >= 0.6 is 11.3 Å². The van der Waals surface area contributed by atoms with Crippen LogP contribution < -0.4 is 10.6 Å². The van der Waals surface area contributed by atoms with Crippen LogP contribution in [0.15, 0.2) is 28.1 Å². The first-order valence-corrected chi connectivity index (χ1v) is 8.49. The molecule has 2 heterocycles. The van der Waals surface area contributed by atoms with Gasteiger partial charge in [0.25, 0.3) is 5.91 Å². The first-order chi connectivity index (χ1) is 11.3. The van der Waals surface area contributed by atoms with Crippen molar-refractivity contribution in [2.24, 2.45) is 0 Å². The fourth-order valence-corrected chi connectivity index (χ4v) is 2.48. The fraction of sp³-hybridized carbons (Fsp3) is 0.438. The topological polar surface area (TPSA) is 93.5 Å². The minimum atomic E-state index is -0.522. The third-order valence-corrected chi connectivity index (χ3v) is 3.70. The minimum absolute atomic E-state index is 0.235. The number of nitrogens with one attached hydrogen (secondary N) is 2. The molecule has 0 aliphatic rings. The molecule has 0 aliphatic heterocycles. The third-order valence-electron chi connectivity index (χ3n) is 2.81. The van der Waals surface area contributed by atoms with Gasteiger partial charge in [-0.2, -0.15) is 0 Å². The van der Waals surface area contributed by atoms with Gasteiger partial charge in [0.05, 0.1) is 4.88 Å². The fourth-order valence-electron chi connectivity index (χ4n) is 1.80. The molecule has 2 amide bonds. The average molecular weight is 351 g/mol. The summed E-state index contributed by atoms with van der Waals surface area (Å²) in [6, 6.07) is 5.41. The van der Waals surface area contributed by atoms with E-state index in [4.69, 9.17) is 9.26 Å². The largest absolute Gasteiger partial charge is 0.444 e. The lowest BCUT2D eigenvalue weighted by molar-refractivity contribution is 0.0527. The minimum Gasteiger partial charge on any atom is -0.444 e. The number of hydrogen-bond donors (Lipinski definition) is 2. The maximum absolute atomic E-state index is 12.0. The molecule has 0 atom stereocenters. The van der Waals surface area contributed by atoms with Crippen molar-refractivity contribution in [3.05, 3.63) is 29.3 Å². The first-order valence-electron chi connectivity index (χ1n) is 7.61. The van der Waals surface area contributed by atoms with Crippen molar-refractivity contribution < 1.29 is 18.8 Å². The number of rotatable bonds is 6. The van der Waals surface area contributed by atoms with Crippen LogP contribution in [0.4, 0.5) is 4.79 Å². The number of aromatic nitrogens is 1. The number of alkyl carbamates (subject to hydrolysis) is 1. The summed E-state index contributed by atoms with van der Waals surface area (Å²) in [7, 11) is 0. The maximum Gasteiger partial charge on any atom is 0.407 e. The molecule has 7 nitrogen and oxygen atoms in total. The molecular weight excluding hydrogens is 330 g/mol. The average Bonchev–Trinajstić information content (AvgIpc) is 3.15. The Kier molecular flexibility index (Phi) is 5.97. The zero-order valence-corrected chi connectivity index (χ0v) is 14.7. The van der Waals surface area contributed by atoms with E-state index in [1.54, 1.807) is 26.8 Å². The number of hydrogen-bond acceptors (Lipinski definition) is 6. The van der Waals surface area contributed by atoms with Gasteiger partial charge in [-0.15, -0.1) is 11.3 Å². The highest BCUT2D eigenvalue weighted by molar-refractivity contribution is 7.13. The summed E-state index contributed by atoms with van der Waals surface area (Å²) in [5.74, 6) is 0.264. The zero-order valence-electron chi connectivity index (χ0n) is 13.9.